The molecular formula is C14H21F2N3O. The Bertz CT molecular complexity index is 416. The van der Waals surface area contributed by atoms with Gasteiger partial charge >= 0.3 is 0 Å². The van der Waals surface area contributed by atoms with Crippen LogP contribution >= 0.6 is 0 Å². The van der Waals surface area contributed by atoms with E-state index in [4.69, 9.17) is 0 Å². The molecule has 0 saturated carbocycles. The Balaban J connectivity index is 1.75. The third-order valence-corrected chi connectivity index (χ3v) is 3.53. The highest BCUT2D eigenvalue weighted by atomic mass is 19.1. The summed E-state index contributed by atoms with van der Waals surface area (Å²) in [6, 6.07) is 3.59. The van der Waals surface area contributed by atoms with Crippen molar-refractivity contribution in [3.8, 4) is 0 Å². The van der Waals surface area contributed by atoms with Gasteiger partial charge in [-0.3, -0.25) is 10.6 Å². The summed E-state index contributed by atoms with van der Waals surface area (Å²) in [6.45, 7) is 2.20. The van der Waals surface area contributed by atoms with Gasteiger partial charge in [-0.2, -0.15) is 0 Å². The van der Waals surface area contributed by atoms with Gasteiger partial charge in [0.05, 0.1) is 0 Å². The minimum atomic E-state index is -0.880. The first-order chi connectivity index (χ1) is 9.52. The molecule has 1 aliphatic heterocycles. The van der Waals surface area contributed by atoms with Gasteiger partial charge in [0.2, 0.25) is 0 Å². The number of hydrogen-bond donors (Lipinski definition) is 3. The van der Waals surface area contributed by atoms with Gasteiger partial charge in [-0.25, -0.2) is 8.78 Å². The van der Waals surface area contributed by atoms with Crippen molar-refractivity contribution in [2.75, 3.05) is 20.1 Å². The highest BCUT2D eigenvalue weighted by Gasteiger charge is 2.18. The van der Waals surface area contributed by atoms with Crippen LogP contribution < -0.4 is 10.6 Å². The summed E-state index contributed by atoms with van der Waals surface area (Å²) in [6.07, 6.45) is 1.07. The van der Waals surface area contributed by atoms with Gasteiger partial charge in [-0.05, 0) is 50.7 Å². The van der Waals surface area contributed by atoms with Gasteiger partial charge in [0, 0.05) is 18.7 Å². The zero-order valence-corrected chi connectivity index (χ0v) is 11.6. The molecule has 1 atom stereocenters. The Morgan fingerprint density at radius 2 is 1.85 bits per heavy atom. The lowest BCUT2D eigenvalue weighted by Gasteiger charge is -2.31. The molecule has 0 aromatic heterocycles. The van der Waals surface area contributed by atoms with Crippen molar-refractivity contribution < 1.29 is 13.9 Å². The van der Waals surface area contributed by atoms with E-state index in [1.807, 2.05) is 0 Å². The second-order valence-electron chi connectivity index (χ2n) is 5.31. The summed E-state index contributed by atoms with van der Waals surface area (Å²) in [5.41, 5.74) is 0.465. The molecule has 6 heteroatoms. The number of benzene rings is 1. The lowest BCUT2D eigenvalue weighted by molar-refractivity contribution is 0.0728. The van der Waals surface area contributed by atoms with Gasteiger partial charge in [0.1, 0.15) is 11.6 Å². The third-order valence-electron chi connectivity index (χ3n) is 3.53. The minimum Gasteiger partial charge on any atom is -0.365 e. The van der Waals surface area contributed by atoms with E-state index in [2.05, 4.69) is 22.6 Å². The Morgan fingerprint density at radius 3 is 2.45 bits per heavy atom. The van der Waals surface area contributed by atoms with Gasteiger partial charge in [-0.1, -0.05) is 0 Å². The van der Waals surface area contributed by atoms with Gasteiger partial charge in [0.15, 0.2) is 6.35 Å². The normalized spacial score (nSPS) is 19.2. The molecule has 1 fully saturated rings. The average molecular weight is 285 g/mol. The second kappa shape index (κ2) is 7.08. The van der Waals surface area contributed by atoms with Crippen LogP contribution in [0.1, 0.15) is 18.4 Å². The molecule has 20 heavy (non-hydrogen) atoms. The van der Waals surface area contributed by atoms with Crippen LogP contribution in [0.25, 0.3) is 0 Å². The molecule has 1 aliphatic rings. The van der Waals surface area contributed by atoms with Crippen LogP contribution in [0.2, 0.25) is 0 Å². The van der Waals surface area contributed by atoms with Crippen molar-refractivity contribution in [1.29, 1.82) is 0 Å². The van der Waals surface area contributed by atoms with Crippen molar-refractivity contribution in [1.82, 2.24) is 15.5 Å². The lowest BCUT2D eigenvalue weighted by Crippen LogP contribution is -2.50. The number of aliphatic hydroxyl groups is 1. The Kier molecular flexibility index (Phi) is 5.42. The Morgan fingerprint density at radius 1 is 1.25 bits per heavy atom. The SMILES string of the molecule is CN1CCC(NC(O)NCc2cc(F)cc(F)c2)CC1. The van der Waals surface area contributed by atoms with E-state index in [9.17, 15) is 13.9 Å². The first-order valence-corrected chi connectivity index (χ1v) is 6.84. The smallest absolute Gasteiger partial charge is 0.160 e. The topological polar surface area (TPSA) is 47.5 Å². The summed E-state index contributed by atoms with van der Waals surface area (Å²) in [4.78, 5) is 2.24. The molecule has 0 radical (unpaired) electrons. The number of nitrogens with one attached hydrogen (secondary N) is 2. The van der Waals surface area contributed by atoms with E-state index in [0.717, 1.165) is 32.0 Å². The number of piperidine rings is 1. The van der Waals surface area contributed by atoms with Gasteiger partial charge in [-0.15, -0.1) is 0 Å². The molecule has 1 saturated heterocycles. The van der Waals surface area contributed by atoms with Crippen LogP contribution in [0.3, 0.4) is 0 Å². The molecule has 1 aromatic rings. The molecule has 1 unspecified atom stereocenters. The monoisotopic (exact) mass is 285 g/mol. The van der Waals surface area contributed by atoms with Crippen LogP contribution in [-0.4, -0.2) is 42.5 Å². The average Bonchev–Trinajstić information content (AvgIpc) is 2.38. The first-order valence-electron chi connectivity index (χ1n) is 6.84. The number of likely N-dealkylation sites (tertiary alicyclic amines) is 1. The summed E-state index contributed by atoms with van der Waals surface area (Å²) in [5.74, 6) is -1.22. The van der Waals surface area contributed by atoms with Gasteiger partial charge < -0.3 is 10.0 Å². The largest absolute Gasteiger partial charge is 0.365 e. The number of halogens is 2. The minimum absolute atomic E-state index is 0.204. The Hall–Kier alpha value is -1.08. The standard InChI is InChI=1S/C14H21F2N3O/c1-19-4-2-13(3-5-19)18-14(20)17-9-10-6-11(15)8-12(16)7-10/h6-8,13-14,17-18,20H,2-5,9H2,1H3. The zero-order chi connectivity index (χ0) is 14.5. The van der Waals surface area contributed by atoms with Crippen LogP contribution in [0, 0.1) is 11.6 Å². The molecule has 1 aromatic carbocycles. The van der Waals surface area contributed by atoms with Crippen LogP contribution in [0.5, 0.6) is 0 Å². The fourth-order valence-corrected chi connectivity index (χ4v) is 2.38. The first kappa shape index (κ1) is 15.3. The molecular weight excluding hydrogens is 264 g/mol. The summed E-state index contributed by atoms with van der Waals surface area (Å²) in [5, 5.41) is 15.7. The molecule has 2 rings (SSSR count). The quantitative estimate of drug-likeness (QED) is 0.707. The number of hydrogen-bond acceptors (Lipinski definition) is 4. The maximum Gasteiger partial charge on any atom is 0.160 e. The summed E-state index contributed by atoms with van der Waals surface area (Å²) >= 11 is 0. The second-order valence-corrected chi connectivity index (χ2v) is 5.31. The molecule has 4 nitrogen and oxygen atoms in total. The molecule has 112 valence electrons. The predicted molar refractivity (Wildman–Crippen MR) is 72.9 cm³/mol. The van der Waals surface area contributed by atoms with E-state index in [-0.39, 0.29) is 12.6 Å². The van der Waals surface area contributed by atoms with Crippen LogP contribution in [-0.2, 0) is 6.54 Å². The molecule has 0 aliphatic carbocycles. The molecule has 0 amide bonds. The molecule has 0 bridgehead atoms. The number of nitrogens with zero attached hydrogens (tertiary/aromatic N) is 1. The van der Waals surface area contributed by atoms with Gasteiger partial charge in [0.25, 0.3) is 0 Å². The maximum absolute atomic E-state index is 13.0. The van der Waals surface area contributed by atoms with Crippen molar-refractivity contribution in [2.24, 2.45) is 0 Å². The molecule has 1 heterocycles. The number of rotatable bonds is 5. The van der Waals surface area contributed by atoms with E-state index in [1.54, 1.807) is 0 Å². The molecule has 0 spiro atoms. The van der Waals surface area contributed by atoms with Crippen LogP contribution in [0.4, 0.5) is 8.78 Å². The zero-order valence-electron chi connectivity index (χ0n) is 11.6. The fraction of sp³-hybridized carbons (Fsp3) is 0.571. The van der Waals surface area contributed by atoms with Crippen LogP contribution in [0.15, 0.2) is 18.2 Å². The Labute approximate surface area is 117 Å². The van der Waals surface area contributed by atoms with E-state index in [0.29, 0.717) is 5.56 Å². The van der Waals surface area contributed by atoms with Crippen molar-refractivity contribution in [2.45, 2.75) is 31.8 Å². The van der Waals surface area contributed by atoms with Crippen molar-refractivity contribution in [3.05, 3.63) is 35.4 Å². The summed E-state index contributed by atoms with van der Waals surface area (Å²) < 4.78 is 26.0. The third kappa shape index (κ3) is 4.79. The highest BCUT2D eigenvalue weighted by molar-refractivity contribution is 5.17. The maximum atomic E-state index is 13.0. The van der Waals surface area contributed by atoms with E-state index < -0.39 is 18.0 Å². The van der Waals surface area contributed by atoms with Crippen molar-refractivity contribution in [3.63, 3.8) is 0 Å². The van der Waals surface area contributed by atoms with Crippen molar-refractivity contribution >= 4 is 0 Å². The predicted octanol–water partition coefficient (Wildman–Crippen LogP) is 1.01. The fourth-order valence-electron chi connectivity index (χ4n) is 2.38. The summed E-state index contributed by atoms with van der Waals surface area (Å²) in [7, 11) is 2.07. The van der Waals surface area contributed by atoms with E-state index in [1.165, 1.54) is 12.1 Å². The van der Waals surface area contributed by atoms with E-state index >= 15 is 0 Å². The molecule has 3 N–H and O–H groups in total. The lowest BCUT2D eigenvalue weighted by atomic mass is 10.1. The highest BCUT2D eigenvalue weighted by Crippen LogP contribution is 2.09. The number of aliphatic hydroxyl groups excluding tert-OH is 1.